The van der Waals surface area contributed by atoms with Gasteiger partial charge in [-0.25, -0.2) is 0 Å². The zero-order valence-electron chi connectivity index (χ0n) is 12.8. The molecule has 1 saturated heterocycles. The largest absolute Gasteiger partial charge is 0.341 e. The van der Waals surface area contributed by atoms with Crippen molar-refractivity contribution in [1.82, 2.24) is 4.90 Å². The maximum absolute atomic E-state index is 12.5. The van der Waals surface area contributed by atoms with Gasteiger partial charge in [-0.15, -0.1) is 11.6 Å². The zero-order valence-corrected chi connectivity index (χ0v) is 14.4. The second-order valence-electron chi connectivity index (χ2n) is 5.85. The molecule has 1 fully saturated rings. The molecule has 0 aromatic heterocycles. The van der Waals surface area contributed by atoms with Crippen molar-refractivity contribution < 1.29 is 4.79 Å². The molecule has 1 atom stereocenters. The highest BCUT2D eigenvalue weighted by molar-refractivity contribution is 6.34. The standard InChI is InChI=1S/C19H19Cl2NO/c20-17-13-15(9-10-16(17)14-7-3-1-4-8-14)18(21)19(23)22-11-5-2-6-12-22/h1,3-4,7-10,13,18H,2,5-6,11-12H2. The van der Waals surface area contributed by atoms with Gasteiger partial charge in [0, 0.05) is 23.7 Å². The van der Waals surface area contributed by atoms with E-state index in [0.717, 1.165) is 42.6 Å². The summed E-state index contributed by atoms with van der Waals surface area (Å²) >= 11 is 12.8. The molecule has 1 aliphatic heterocycles. The van der Waals surface area contributed by atoms with Crippen LogP contribution >= 0.6 is 23.2 Å². The lowest BCUT2D eigenvalue weighted by Gasteiger charge is -2.28. The minimum atomic E-state index is -0.671. The van der Waals surface area contributed by atoms with Crippen LogP contribution in [0.5, 0.6) is 0 Å². The van der Waals surface area contributed by atoms with Crippen molar-refractivity contribution in [3.63, 3.8) is 0 Å². The topological polar surface area (TPSA) is 20.3 Å². The highest BCUT2D eigenvalue weighted by Gasteiger charge is 2.25. The lowest BCUT2D eigenvalue weighted by Crippen LogP contribution is -2.37. The SMILES string of the molecule is O=C(C(Cl)c1ccc(-c2ccccc2)c(Cl)c1)N1CCCCC1. The molecule has 2 aromatic rings. The second-order valence-corrected chi connectivity index (χ2v) is 6.70. The molecule has 1 heterocycles. The molecule has 1 unspecified atom stereocenters. The lowest BCUT2D eigenvalue weighted by atomic mass is 10.0. The Labute approximate surface area is 147 Å². The smallest absolute Gasteiger partial charge is 0.245 e. The molecule has 0 bridgehead atoms. The Balaban J connectivity index is 1.80. The number of hydrogen-bond acceptors (Lipinski definition) is 1. The molecule has 2 nitrogen and oxygen atoms in total. The van der Waals surface area contributed by atoms with Gasteiger partial charge in [-0.2, -0.15) is 0 Å². The molecule has 120 valence electrons. The summed E-state index contributed by atoms with van der Waals surface area (Å²) in [6.07, 6.45) is 3.31. The van der Waals surface area contributed by atoms with E-state index in [1.54, 1.807) is 0 Å². The number of carbonyl (C=O) groups excluding carboxylic acids is 1. The lowest BCUT2D eigenvalue weighted by molar-refractivity contribution is -0.131. The number of carbonyl (C=O) groups is 1. The van der Waals surface area contributed by atoms with Crippen LogP contribution in [0.4, 0.5) is 0 Å². The Kier molecular flexibility index (Phi) is 5.24. The Morgan fingerprint density at radius 3 is 2.35 bits per heavy atom. The summed E-state index contributed by atoms with van der Waals surface area (Å²) in [4.78, 5) is 14.4. The highest BCUT2D eigenvalue weighted by atomic mass is 35.5. The molecule has 0 N–H and O–H groups in total. The number of amides is 1. The average molecular weight is 348 g/mol. The predicted molar refractivity (Wildman–Crippen MR) is 95.9 cm³/mol. The number of nitrogens with zero attached hydrogens (tertiary/aromatic N) is 1. The molecular weight excluding hydrogens is 329 g/mol. The van der Waals surface area contributed by atoms with Crippen LogP contribution in [0.2, 0.25) is 5.02 Å². The first kappa shape index (κ1) is 16.4. The highest BCUT2D eigenvalue weighted by Crippen LogP contribution is 2.33. The maximum Gasteiger partial charge on any atom is 0.245 e. The summed E-state index contributed by atoms with van der Waals surface area (Å²) in [5.41, 5.74) is 2.76. The van der Waals surface area contributed by atoms with Crippen LogP contribution in [-0.4, -0.2) is 23.9 Å². The van der Waals surface area contributed by atoms with Crippen molar-refractivity contribution in [3.8, 4) is 11.1 Å². The molecule has 2 aromatic carbocycles. The van der Waals surface area contributed by atoms with Gasteiger partial charge in [0.15, 0.2) is 0 Å². The number of piperidine rings is 1. The zero-order chi connectivity index (χ0) is 16.2. The number of rotatable bonds is 3. The molecular formula is C19H19Cl2NO. The number of benzene rings is 2. The molecule has 0 aliphatic carbocycles. The Hall–Kier alpha value is -1.51. The summed E-state index contributed by atoms with van der Waals surface area (Å²) in [5.74, 6) is -0.0186. The van der Waals surface area contributed by atoms with Gasteiger partial charge in [0.05, 0.1) is 0 Å². The van der Waals surface area contributed by atoms with Crippen LogP contribution in [-0.2, 0) is 4.79 Å². The van der Waals surface area contributed by atoms with Crippen LogP contribution in [0, 0.1) is 0 Å². The van der Waals surface area contributed by atoms with E-state index in [1.165, 1.54) is 6.42 Å². The van der Waals surface area contributed by atoms with Gasteiger partial charge in [-0.3, -0.25) is 4.79 Å². The molecule has 1 aliphatic rings. The second kappa shape index (κ2) is 7.37. The van der Waals surface area contributed by atoms with Crippen LogP contribution in [0.1, 0.15) is 30.2 Å². The fourth-order valence-corrected chi connectivity index (χ4v) is 3.53. The summed E-state index contributed by atoms with van der Waals surface area (Å²) < 4.78 is 0. The quantitative estimate of drug-likeness (QED) is 0.690. The van der Waals surface area contributed by atoms with Crippen LogP contribution in [0.15, 0.2) is 48.5 Å². The van der Waals surface area contributed by atoms with Crippen molar-refractivity contribution in [1.29, 1.82) is 0 Å². The Morgan fingerprint density at radius 2 is 1.70 bits per heavy atom. The van der Waals surface area contributed by atoms with Crippen molar-refractivity contribution >= 4 is 29.1 Å². The number of alkyl halides is 1. The first-order valence-corrected chi connectivity index (χ1v) is 8.76. The van der Waals surface area contributed by atoms with E-state index in [9.17, 15) is 4.79 Å². The van der Waals surface area contributed by atoms with Crippen molar-refractivity contribution in [2.24, 2.45) is 0 Å². The minimum absolute atomic E-state index is 0.0186. The monoisotopic (exact) mass is 347 g/mol. The Morgan fingerprint density at radius 1 is 1.00 bits per heavy atom. The third-order valence-electron chi connectivity index (χ3n) is 4.26. The first-order valence-electron chi connectivity index (χ1n) is 7.94. The molecule has 3 rings (SSSR count). The minimum Gasteiger partial charge on any atom is -0.341 e. The van der Waals surface area contributed by atoms with Crippen molar-refractivity contribution in [2.75, 3.05) is 13.1 Å². The number of likely N-dealkylation sites (tertiary alicyclic amines) is 1. The van der Waals surface area contributed by atoms with Gasteiger partial charge in [-0.1, -0.05) is 54.1 Å². The molecule has 0 radical (unpaired) electrons. The Bertz CT molecular complexity index is 681. The molecule has 0 spiro atoms. The fraction of sp³-hybridized carbons (Fsp3) is 0.316. The summed E-state index contributed by atoms with van der Waals surface area (Å²) in [7, 11) is 0. The van der Waals surface area contributed by atoms with Gasteiger partial charge < -0.3 is 4.90 Å². The fourth-order valence-electron chi connectivity index (χ4n) is 2.96. The predicted octanol–water partition coefficient (Wildman–Crippen LogP) is 5.30. The van der Waals surface area contributed by atoms with Crippen LogP contribution in [0.25, 0.3) is 11.1 Å². The average Bonchev–Trinajstić information content (AvgIpc) is 2.62. The van der Waals surface area contributed by atoms with E-state index in [0.29, 0.717) is 5.02 Å². The molecule has 0 saturated carbocycles. The van der Waals surface area contributed by atoms with Gasteiger partial charge in [0.2, 0.25) is 5.91 Å². The summed E-state index contributed by atoms with van der Waals surface area (Å²) in [6.45, 7) is 1.61. The van der Waals surface area contributed by atoms with Crippen molar-refractivity contribution in [2.45, 2.75) is 24.6 Å². The van der Waals surface area contributed by atoms with Gasteiger partial charge in [-0.05, 0) is 36.5 Å². The maximum atomic E-state index is 12.5. The summed E-state index contributed by atoms with van der Waals surface area (Å²) in [5, 5.41) is -0.0544. The van der Waals surface area contributed by atoms with E-state index >= 15 is 0 Å². The van der Waals surface area contributed by atoms with E-state index in [-0.39, 0.29) is 5.91 Å². The molecule has 4 heteroatoms. The van der Waals surface area contributed by atoms with Crippen LogP contribution < -0.4 is 0 Å². The third-order valence-corrected chi connectivity index (χ3v) is 5.01. The van der Waals surface area contributed by atoms with E-state index in [1.807, 2.05) is 53.4 Å². The number of hydrogen-bond donors (Lipinski definition) is 0. The van der Waals surface area contributed by atoms with Gasteiger partial charge >= 0.3 is 0 Å². The van der Waals surface area contributed by atoms with E-state index in [2.05, 4.69) is 0 Å². The normalized spacial score (nSPS) is 16.2. The van der Waals surface area contributed by atoms with Gasteiger partial charge in [0.25, 0.3) is 0 Å². The number of halogens is 2. The first-order chi connectivity index (χ1) is 11.2. The van der Waals surface area contributed by atoms with E-state index < -0.39 is 5.38 Å². The molecule has 23 heavy (non-hydrogen) atoms. The summed E-state index contributed by atoms with van der Waals surface area (Å²) in [6, 6.07) is 15.6. The van der Waals surface area contributed by atoms with E-state index in [4.69, 9.17) is 23.2 Å². The molecule has 1 amide bonds. The third kappa shape index (κ3) is 3.70. The van der Waals surface area contributed by atoms with Crippen molar-refractivity contribution in [3.05, 3.63) is 59.1 Å². The van der Waals surface area contributed by atoms with Gasteiger partial charge in [0.1, 0.15) is 5.38 Å². The van der Waals surface area contributed by atoms with Crippen LogP contribution in [0.3, 0.4) is 0 Å².